The third-order valence-corrected chi connectivity index (χ3v) is 6.10. The zero-order valence-corrected chi connectivity index (χ0v) is 16.6. The predicted octanol–water partition coefficient (Wildman–Crippen LogP) is 0.804. The van der Waals surface area contributed by atoms with Crippen molar-refractivity contribution in [3.05, 3.63) is 34.2 Å². The summed E-state index contributed by atoms with van der Waals surface area (Å²) >= 11 is 0. The summed E-state index contributed by atoms with van der Waals surface area (Å²) in [4.78, 5) is 29.0. The largest absolute Gasteiger partial charge is 0.388 e. The van der Waals surface area contributed by atoms with Crippen LogP contribution in [0.3, 0.4) is 0 Å². The fraction of sp³-hybridized carbons (Fsp3) is 0.700. The van der Waals surface area contributed by atoms with Gasteiger partial charge in [-0.25, -0.2) is 0 Å². The molecule has 0 saturated carbocycles. The van der Waals surface area contributed by atoms with Crippen molar-refractivity contribution in [1.29, 1.82) is 0 Å². The summed E-state index contributed by atoms with van der Waals surface area (Å²) < 4.78 is 6.96. The quantitative estimate of drug-likeness (QED) is 0.840. The Morgan fingerprint density at radius 3 is 2.56 bits per heavy atom. The number of nitrogens with zero attached hydrogens (tertiary/aromatic N) is 3. The van der Waals surface area contributed by atoms with Crippen LogP contribution in [-0.2, 0) is 11.3 Å². The van der Waals surface area contributed by atoms with Crippen molar-refractivity contribution in [1.82, 2.24) is 14.4 Å². The van der Waals surface area contributed by atoms with Crippen LogP contribution in [0.25, 0.3) is 0 Å². The van der Waals surface area contributed by atoms with Crippen LogP contribution in [0.4, 0.5) is 0 Å². The third kappa shape index (κ3) is 4.10. The minimum absolute atomic E-state index is 0.142. The number of β-amino-alcohol motifs (C(OH)–C–C–N with tert-alkyl or cyclic N) is 1. The standard InChI is InChI=1S/C20H31N3O4/c1-4-22-7-5-16(13-17(22)24)18(25)23-8-6-20(26,19(2,3)14-23)15-21-9-11-27-12-10-21/h5,7,13,26H,4,6,8-12,14-15H2,1-3H3/t20-/m0/s1. The van der Waals surface area contributed by atoms with Gasteiger partial charge in [-0.05, 0) is 19.4 Å². The number of ether oxygens (including phenoxy) is 1. The molecule has 7 heteroatoms. The smallest absolute Gasteiger partial charge is 0.254 e. The van der Waals surface area contributed by atoms with E-state index in [1.165, 1.54) is 6.07 Å². The second-order valence-corrected chi connectivity index (χ2v) is 8.32. The van der Waals surface area contributed by atoms with Crippen LogP contribution in [0.15, 0.2) is 23.1 Å². The molecular weight excluding hydrogens is 346 g/mol. The first-order chi connectivity index (χ1) is 12.8. The maximum Gasteiger partial charge on any atom is 0.254 e. The minimum atomic E-state index is -0.854. The summed E-state index contributed by atoms with van der Waals surface area (Å²) in [7, 11) is 0. The first-order valence-corrected chi connectivity index (χ1v) is 9.78. The molecule has 1 N–H and O–H groups in total. The van der Waals surface area contributed by atoms with Gasteiger partial charge < -0.3 is 19.3 Å². The minimum Gasteiger partial charge on any atom is -0.388 e. The summed E-state index contributed by atoms with van der Waals surface area (Å²) in [6, 6.07) is 3.11. The number of aryl methyl sites for hydroxylation is 1. The summed E-state index contributed by atoms with van der Waals surface area (Å²) in [6.07, 6.45) is 2.19. The van der Waals surface area contributed by atoms with Gasteiger partial charge in [-0.2, -0.15) is 0 Å². The molecule has 0 unspecified atom stereocenters. The third-order valence-electron chi connectivity index (χ3n) is 6.10. The van der Waals surface area contributed by atoms with Gasteiger partial charge >= 0.3 is 0 Å². The Labute approximate surface area is 160 Å². The number of aromatic nitrogens is 1. The van der Waals surface area contributed by atoms with E-state index >= 15 is 0 Å². The van der Waals surface area contributed by atoms with Crippen LogP contribution in [0.2, 0.25) is 0 Å². The Bertz CT molecular complexity index is 739. The predicted molar refractivity (Wildman–Crippen MR) is 103 cm³/mol. The van der Waals surface area contributed by atoms with Crippen LogP contribution in [0.5, 0.6) is 0 Å². The molecule has 0 spiro atoms. The van der Waals surface area contributed by atoms with Gasteiger partial charge in [0.05, 0.1) is 18.8 Å². The maximum atomic E-state index is 12.9. The van der Waals surface area contributed by atoms with Crippen molar-refractivity contribution in [3.8, 4) is 0 Å². The maximum absolute atomic E-state index is 12.9. The zero-order chi connectivity index (χ0) is 19.7. The highest BCUT2D eigenvalue weighted by molar-refractivity contribution is 5.94. The molecule has 1 amide bonds. The highest BCUT2D eigenvalue weighted by Crippen LogP contribution is 2.39. The number of likely N-dealkylation sites (tertiary alicyclic amines) is 1. The topological polar surface area (TPSA) is 75.0 Å². The summed E-state index contributed by atoms with van der Waals surface area (Å²) in [5.74, 6) is -0.142. The van der Waals surface area contributed by atoms with E-state index in [2.05, 4.69) is 4.90 Å². The van der Waals surface area contributed by atoms with Gasteiger partial charge in [-0.15, -0.1) is 0 Å². The average molecular weight is 377 g/mol. The lowest BCUT2D eigenvalue weighted by atomic mass is 9.69. The molecule has 1 aromatic rings. The van der Waals surface area contributed by atoms with Crippen molar-refractivity contribution in [2.24, 2.45) is 5.41 Å². The second kappa shape index (κ2) is 7.73. The van der Waals surface area contributed by atoms with Crippen molar-refractivity contribution in [2.75, 3.05) is 45.9 Å². The fourth-order valence-corrected chi connectivity index (χ4v) is 4.04. The van der Waals surface area contributed by atoms with Crippen molar-refractivity contribution in [3.63, 3.8) is 0 Å². The van der Waals surface area contributed by atoms with Crippen molar-refractivity contribution < 1.29 is 14.6 Å². The number of aliphatic hydroxyl groups is 1. The highest BCUT2D eigenvalue weighted by atomic mass is 16.5. The molecule has 7 nitrogen and oxygen atoms in total. The van der Waals surface area contributed by atoms with Crippen molar-refractivity contribution >= 4 is 5.91 Å². The van der Waals surface area contributed by atoms with Gasteiger partial charge in [-0.1, -0.05) is 13.8 Å². The van der Waals surface area contributed by atoms with Gasteiger partial charge in [0.2, 0.25) is 0 Å². The van der Waals surface area contributed by atoms with Crippen LogP contribution in [0.1, 0.15) is 37.6 Å². The number of pyridine rings is 1. The number of rotatable bonds is 4. The van der Waals surface area contributed by atoms with E-state index in [0.29, 0.717) is 51.4 Å². The first-order valence-electron chi connectivity index (χ1n) is 9.78. The average Bonchev–Trinajstić information content (AvgIpc) is 2.64. The molecule has 0 radical (unpaired) electrons. The first kappa shape index (κ1) is 20.0. The molecule has 2 aliphatic heterocycles. The molecule has 150 valence electrons. The van der Waals surface area contributed by atoms with E-state index in [9.17, 15) is 14.7 Å². The van der Waals surface area contributed by atoms with Crippen LogP contribution in [0, 0.1) is 5.41 Å². The van der Waals surface area contributed by atoms with E-state index in [1.807, 2.05) is 20.8 Å². The summed E-state index contributed by atoms with van der Waals surface area (Å²) in [5.41, 5.74) is -1.05. The normalized spacial score (nSPS) is 26.1. The molecule has 0 aliphatic carbocycles. The van der Waals surface area contributed by atoms with Gasteiger partial charge in [0, 0.05) is 62.5 Å². The van der Waals surface area contributed by atoms with Gasteiger partial charge in [0.25, 0.3) is 11.5 Å². The number of morpholine rings is 1. The van der Waals surface area contributed by atoms with Crippen molar-refractivity contribution in [2.45, 2.75) is 39.3 Å². The number of hydrogen-bond donors (Lipinski definition) is 1. The Morgan fingerprint density at radius 2 is 1.96 bits per heavy atom. The van der Waals surface area contributed by atoms with E-state index in [4.69, 9.17) is 4.74 Å². The number of amides is 1. The molecule has 2 fully saturated rings. The second-order valence-electron chi connectivity index (χ2n) is 8.32. The molecule has 1 aromatic heterocycles. The Kier molecular flexibility index (Phi) is 5.74. The summed E-state index contributed by atoms with van der Waals surface area (Å²) in [6.45, 7) is 11.1. The Morgan fingerprint density at radius 1 is 1.26 bits per heavy atom. The lowest BCUT2D eigenvalue weighted by Gasteiger charge is -2.52. The van der Waals surface area contributed by atoms with Gasteiger partial charge in [0.15, 0.2) is 0 Å². The van der Waals surface area contributed by atoms with E-state index < -0.39 is 11.0 Å². The Hall–Kier alpha value is -1.70. The van der Waals surface area contributed by atoms with Gasteiger partial charge in [-0.3, -0.25) is 14.5 Å². The molecule has 2 aliphatic rings. The highest BCUT2D eigenvalue weighted by Gasteiger charge is 2.49. The zero-order valence-electron chi connectivity index (χ0n) is 16.6. The van der Waals surface area contributed by atoms with E-state index in [-0.39, 0.29) is 11.5 Å². The van der Waals surface area contributed by atoms with Gasteiger partial charge in [0.1, 0.15) is 0 Å². The van der Waals surface area contributed by atoms with E-state index in [1.54, 1.807) is 21.7 Å². The number of carbonyl (C=O) groups excluding carboxylic acids is 1. The number of hydrogen-bond acceptors (Lipinski definition) is 5. The molecule has 3 rings (SSSR count). The SMILES string of the molecule is CCn1ccc(C(=O)N2CC[C@](O)(CN3CCOCC3)C(C)(C)C2)cc1=O. The van der Waals surface area contributed by atoms with Crippen LogP contribution in [-0.4, -0.2) is 76.9 Å². The van der Waals surface area contributed by atoms with Crippen LogP contribution < -0.4 is 5.56 Å². The molecule has 2 saturated heterocycles. The summed E-state index contributed by atoms with van der Waals surface area (Å²) in [5, 5.41) is 11.4. The fourth-order valence-electron chi connectivity index (χ4n) is 4.04. The lowest BCUT2D eigenvalue weighted by molar-refractivity contribution is -0.133. The molecule has 1 atom stereocenters. The molecule has 27 heavy (non-hydrogen) atoms. The Balaban J connectivity index is 1.71. The number of piperidine rings is 1. The molecular formula is C20H31N3O4. The van der Waals surface area contributed by atoms with Crippen LogP contribution >= 0.6 is 0 Å². The molecule has 3 heterocycles. The molecule has 0 aromatic carbocycles. The monoisotopic (exact) mass is 377 g/mol. The molecule has 0 bridgehead atoms. The van der Waals surface area contributed by atoms with E-state index in [0.717, 1.165) is 13.1 Å². The lowest BCUT2D eigenvalue weighted by Crippen LogP contribution is -2.63. The number of carbonyl (C=O) groups is 1.